The van der Waals surface area contributed by atoms with Crippen LogP contribution in [-0.2, 0) is 35.5 Å². The number of benzene rings is 3. The first-order valence-corrected chi connectivity index (χ1v) is 14.9. The summed E-state index contributed by atoms with van der Waals surface area (Å²) in [6.07, 6.45) is 11.1. The van der Waals surface area contributed by atoms with E-state index >= 15 is 0 Å². The van der Waals surface area contributed by atoms with Gasteiger partial charge in [0.25, 0.3) is 0 Å². The molecule has 1 unspecified atom stereocenters. The van der Waals surface area contributed by atoms with Gasteiger partial charge in [-0.3, -0.25) is 9.59 Å². The Labute approximate surface area is 262 Å². The van der Waals surface area contributed by atoms with Gasteiger partial charge in [-0.1, -0.05) is 66.7 Å². The van der Waals surface area contributed by atoms with Crippen molar-refractivity contribution >= 4 is 17.9 Å². The van der Waals surface area contributed by atoms with Crippen LogP contribution in [0.2, 0.25) is 0 Å². The lowest BCUT2D eigenvalue weighted by atomic mass is 9.97. The Morgan fingerprint density at radius 2 is 1.64 bits per heavy atom. The molecule has 3 aromatic carbocycles. The van der Waals surface area contributed by atoms with Crippen LogP contribution in [0.5, 0.6) is 6.01 Å². The first-order valence-electron chi connectivity index (χ1n) is 14.9. The van der Waals surface area contributed by atoms with Gasteiger partial charge in [-0.25, -0.2) is 14.6 Å². The molecule has 0 aliphatic carbocycles. The Balaban J connectivity index is 1.33. The van der Waals surface area contributed by atoms with Gasteiger partial charge in [-0.2, -0.15) is 5.10 Å². The lowest BCUT2D eigenvalue weighted by Crippen LogP contribution is -2.52. The fraction of sp³-hybridized carbons (Fsp3) is 0.194. The van der Waals surface area contributed by atoms with E-state index in [1.807, 2.05) is 83.9 Å². The van der Waals surface area contributed by atoms with E-state index < -0.39 is 6.04 Å². The highest BCUT2D eigenvalue weighted by Gasteiger charge is 2.34. The Bertz CT molecular complexity index is 1750. The molecule has 5 aromatic rings. The van der Waals surface area contributed by atoms with Gasteiger partial charge in [0.15, 0.2) is 0 Å². The maximum absolute atomic E-state index is 14.5. The van der Waals surface area contributed by atoms with Gasteiger partial charge >= 0.3 is 6.01 Å². The molecule has 2 aromatic heterocycles. The second-order valence-corrected chi connectivity index (χ2v) is 10.9. The minimum atomic E-state index is -0.729. The standard InChI is InChI=1S/C36H34N6O3/c1-45-36-37-23-29(24-38-36)14-17-34(43)41(25-28-12-15-32(16-13-28)42-20-7-19-39-42)33(22-27-8-3-2-4-9-27)35(44)40-21-18-30-10-5-6-11-31(30)26-40/h2-17,19-20,23-24,33H,18,21-22,25-26H2,1H3. The van der Waals surface area contributed by atoms with Crippen molar-refractivity contribution in [2.75, 3.05) is 13.7 Å². The van der Waals surface area contributed by atoms with Crippen LogP contribution in [-0.4, -0.2) is 61.1 Å². The number of ether oxygens (including phenoxy) is 1. The highest BCUT2D eigenvalue weighted by molar-refractivity contribution is 5.95. The molecule has 9 heteroatoms. The van der Waals surface area contributed by atoms with E-state index in [0.29, 0.717) is 25.1 Å². The summed E-state index contributed by atoms with van der Waals surface area (Å²) in [5.74, 6) is -0.357. The molecule has 6 rings (SSSR count). The third-order valence-corrected chi connectivity index (χ3v) is 7.97. The van der Waals surface area contributed by atoms with E-state index in [1.165, 1.54) is 18.7 Å². The molecule has 0 saturated heterocycles. The van der Waals surface area contributed by atoms with Gasteiger partial charge in [-0.15, -0.1) is 0 Å². The summed E-state index contributed by atoms with van der Waals surface area (Å²) >= 11 is 0. The second-order valence-electron chi connectivity index (χ2n) is 10.9. The molecule has 1 atom stereocenters. The summed E-state index contributed by atoms with van der Waals surface area (Å²) < 4.78 is 6.84. The number of hydrogen-bond acceptors (Lipinski definition) is 6. The Morgan fingerprint density at radius 1 is 0.911 bits per heavy atom. The molecular formula is C36H34N6O3. The molecule has 3 heterocycles. The van der Waals surface area contributed by atoms with Crippen LogP contribution in [0.4, 0.5) is 0 Å². The van der Waals surface area contributed by atoms with Crippen molar-refractivity contribution in [2.45, 2.75) is 32.0 Å². The van der Waals surface area contributed by atoms with Crippen LogP contribution < -0.4 is 4.74 Å². The summed E-state index contributed by atoms with van der Waals surface area (Å²) in [6.45, 7) is 1.36. The van der Waals surface area contributed by atoms with Gasteiger partial charge in [0.2, 0.25) is 11.8 Å². The molecule has 0 radical (unpaired) electrons. The smallest absolute Gasteiger partial charge is 0.316 e. The number of rotatable bonds is 10. The van der Waals surface area contributed by atoms with Crippen LogP contribution in [0.15, 0.2) is 116 Å². The van der Waals surface area contributed by atoms with Crippen LogP contribution in [0.3, 0.4) is 0 Å². The van der Waals surface area contributed by atoms with Crippen LogP contribution in [0.1, 0.15) is 27.8 Å². The van der Waals surface area contributed by atoms with Crippen molar-refractivity contribution in [3.63, 3.8) is 0 Å². The number of carbonyl (C=O) groups is 2. The van der Waals surface area contributed by atoms with Crippen molar-refractivity contribution in [1.82, 2.24) is 29.5 Å². The first-order chi connectivity index (χ1) is 22.1. The number of hydrogen-bond donors (Lipinski definition) is 0. The average Bonchev–Trinajstić information content (AvgIpc) is 3.64. The molecule has 226 valence electrons. The quantitative estimate of drug-likeness (QED) is 0.212. The van der Waals surface area contributed by atoms with Gasteiger partial charge in [0.05, 0.1) is 12.8 Å². The maximum Gasteiger partial charge on any atom is 0.316 e. The van der Waals surface area contributed by atoms with E-state index in [9.17, 15) is 9.59 Å². The Kier molecular flexibility index (Phi) is 9.06. The summed E-state index contributed by atoms with van der Waals surface area (Å²) in [5.41, 5.74) is 5.83. The van der Waals surface area contributed by atoms with Crippen LogP contribution in [0.25, 0.3) is 11.8 Å². The molecule has 1 aliphatic rings. The van der Waals surface area contributed by atoms with Crippen molar-refractivity contribution in [2.24, 2.45) is 0 Å². The lowest BCUT2D eigenvalue weighted by molar-refractivity contribution is -0.144. The number of fused-ring (bicyclic) bond motifs is 1. The number of nitrogens with zero attached hydrogens (tertiary/aromatic N) is 6. The molecule has 0 bridgehead atoms. The second kappa shape index (κ2) is 13.8. The minimum Gasteiger partial charge on any atom is -0.467 e. The van der Waals surface area contributed by atoms with E-state index in [0.717, 1.165) is 28.8 Å². The van der Waals surface area contributed by atoms with Crippen molar-refractivity contribution in [3.05, 3.63) is 144 Å². The molecule has 0 fully saturated rings. The van der Waals surface area contributed by atoms with E-state index in [-0.39, 0.29) is 24.4 Å². The predicted octanol–water partition coefficient (Wildman–Crippen LogP) is 4.91. The van der Waals surface area contributed by atoms with Gasteiger partial charge in [0, 0.05) is 62.5 Å². The number of aromatic nitrogens is 4. The number of methoxy groups -OCH3 is 1. The molecular weight excluding hydrogens is 564 g/mol. The summed E-state index contributed by atoms with van der Waals surface area (Å²) in [5, 5.41) is 4.31. The summed E-state index contributed by atoms with van der Waals surface area (Å²) in [7, 11) is 1.50. The van der Waals surface area contributed by atoms with Crippen molar-refractivity contribution < 1.29 is 14.3 Å². The van der Waals surface area contributed by atoms with E-state index in [2.05, 4.69) is 27.2 Å². The fourth-order valence-corrected chi connectivity index (χ4v) is 5.56. The largest absolute Gasteiger partial charge is 0.467 e. The zero-order valence-corrected chi connectivity index (χ0v) is 25.1. The fourth-order valence-electron chi connectivity index (χ4n) is 5.56. The molecule has 1 aliphatic heterocycles. The third-order valence-electron chi connectivity index (χ3n) is 7.97. The SMILES string of the molecule is COc1ncc(C=CC(=O)N(Cc2ccc(-n3cccn3)cc2)C(Cc2ccccc2)C(=O)N2CCc3ccccc3C2)cn1. The maximum atomic E-state index is 14.5. The zero-order chi connectivity index (χ0) is 31.0. The first kappa shape index (κ1) is 29.5. The number of amides is 2. The molecule has 0 spiro atoms. The monoisotopic (exact) mass is 598 g/mol. The van der Waals surface area contributed by atoms with Gasteiger partial charge < -0.3 is 14.5 Å². The Morgan fingerprint density at radius 3 is 2.36 bits per heavy atom. The zero-order valence-electron chi connectivity index (χ0n) is 25.1. The lowest BCUT2D eigenvalue weighted by Gasteiger charge is -2.37. The summed E-state index contributed by atoms with van der Waals surface area (Å²) in [6, 6.07) is 27.3. The molecule has 2 amide bonds. The third kappa shape index (κ3) is 7.15. The summed E-state index contributed by atoms with van der Waals surface area (Å²) in [4.78, 5) is 40.4. The minimum absolute atomic E-state index is 0.0731. The molecule has 0 N–H and O–H groups in total. The molecule has 45 heavy (non-hydrogen) atoms. The highest BCUT2D eigenvalue weighted by Crippen LogP contribution is 2.23. The Hall–Kier alpha value is -5.57. The van der Waals surface area contributed by atoms with E-state index in [1.54, 1.807) is 34.2 Å². The van der Waals surface area contributed by atoms with Crippen molar-refractivity contribution in [3.8, 4) is 11.7 Å². The normalized spacial score (nSPS) is 13.3. The average molecular weight is 599 g/mol. The van der Waals surface area contributed by atoms with Gasteiger partial charge in [0.1, 0.15) is 6.04 Å². The molecule has 9 nitrogen and oxygen atoms in total. The van der Waals surface area contributed by atoms with Crippen molar-refractivity contribution in [1.29, 1.82) is 0 Å². The topological polar surface area (TPSA) is 93.4 Å². The van der Waals surface area contributed by atoms with Crippen LogP contribution in [0, 0.1) is 0 Å². The number of carbonyl (C=O) groups excluding carboxylic acids is 2. The van der Waals surface area contributed by atoms with Crippen LogP contribution >= 0.6 is 0 Å². The predicted molar refractivity (Wildman–Crippen MR) is 171 cm³/mol. The van der Waals surface area contributed by atoms with Gasteiger partial charge in [-0.05, 0) is 52.9 Å². The van der Waals surface area contributed by atoms with E-state index in [4.69, 9.17) is 4.74 Å². The highest BCUT2D eigenvalue weighted by atomic mass is 16.5. The molecule has 0 saturated carbocycles.